The fraction of sp³-hybridized carbons (Fsp3) is 0.769. The monoisotopic (exact) mass is 288 g/mol. The van der Waals surface area contributed by atoms with Gasteiger partial charge in [-0.25, -0.2) is 4.79 Å². The third-order valence-electron chi connectivity index (χ3n) is 2.84. The lowest BCUT2D eigenvalue weighted by atomic mass is 9.94. The van der Waals surface area contributed by atoms with Crippen molar-refractivity contribution in [1.82, 2.24) is 5.32 Å². The van der Waals surface area contributed by atoms with Crippen LogP contribution in [0.3, 0.4) is 0 Å². The number of amides is 1. The van der Waals surface area contributed by atoms with E-state index in [2.05, 4.69) is 10.1 Å². The van der Waals surface area contributed by atoms with Gasteiger partial charge in [-0.05, 0) is 24.8 Å². The smallest absolute Gasteiger partial charge is 0.326 e. The van der Waals surface area contributed by atoms with Gasteiger partial charge in [0.25, 0.3) is 0 Å². The number of methoxy groups -OCH3 is 1. The van der Waals surface area contributed by atoms with E-state index < -0.39 is 30.3 Å². The Morgan fingerprint density at radius 2 is 1.85 bits per heavy atom. The lowest BCUT2D eigenvalue weighted by molar-refractivity contribution is -0.148. The average Bonchev–Trinajstić information content (AvgIpc) is 2.36. The number of esters is 1. The first kappa shape index (κ1) is 18.4. The molecule has 7 nitrogen and oxygen atoms in total. The second-order valence-electron chi connectivity index (χ2n) is 5.17. The summed E-state index contributed by atoms with van der Waals surface area (Å²) in [6.45, 7) is 4.41. The van der Waals surface area contributed by atoms with Crippen molar-refractivity contribution in [1.29, 1.82) is 0 Å². The van der Waals surface area contributed by atoms with Crippen LogP contribution >= 0.6 is 0 Å². The molecule has 1 unspecified atom stereocenters. The van der Waals surface area contributed by atoms with Crippen molar-refractivity contribution in [2.24, 2.45) is 17.6 Å². The maximum absolute atomic E-state index is 11.8. The van der Waals surface area contributed by atoms with Crippen molar-refractivity contribution < 1.29 is 24.2 Å². The molecule has 0 aromatic heterocycles. The molecule has 7 heteroatoms. The molecule has 20 heavy (non-hydrogen) atoms. The van der Waals surface area contributed by atoms with Gasteiger partial charge >= 0.3 is 11.9 Å². The molecule has 2 atom stereocenters. The Morgan fingerprint density at radius 1 is 1.25 bits per heavy atom. The molecular formula is C13H24N2O5. The Labute approximate surface area is 118 Å². The summed E-state index contributed by atoms with van der Waals surface area (Å²) in [5, 5.41) is 11.3. The SMILES string of the molecule is COC(=O)C[C@H](NC(=O)CC(CN)CC(C)C)C(=O)O. The molecule has 0 saturated heterocycles. The van der Waals surface area contributed by atoms with Gasteiger partial charge in [0.15, 0.2) is 0 Å². The number of aliphatic carboxylic acids is 1. The number of ether oxygens (including phenoxy) is 1. The summed E-state index contributed by atoms with van der Waals surface area (Å²) >= 11 is 0. The summed E-state index contributed by atoms with van der Waals surface area (Å²) < 4.78 is 4.39. The molecule has 0 radical (unpaired) electrons. The molecule has 0 spiro atoms. The molecule has 0 bridgehead atoms. The van der Waals surface area contributed by atoms with E-state index in [1.165, 1.54) is 0 Å². The number of nitrogens with two attached hydrogens (primary N) is 1. The number of nitrogens with one attached hydrogen (secondary N) is 1. The topological polar surface area (TPSA) is 119 Å². The van der Waals surface area contributed by atoms with E-state index in [0.29, 0.717) is 12.5 Å². The molecule has 0 heterocycles. The highest BCUT2D eigenvalue weighted by Gasteiger charge is 2.24. The van der Waals surface area contributed by atoms with Gasteiger partial charge in [0, 0.05) is 6.42 Å². The van der Waals surface area contributed by atoms with Crippen LogP contribution in [0.25, 0.3) is 0 Å². The second kappa shape index (κ2) is 9.30. The first-order valence-corrected chi connectivity index (χ1v) is 6.59. The molecule has 0 fully saturated rings. The van der Waals surface area contributed by atoms with E-state index in [1.807, 2.05) is 13.8 Å². The van der Waals surface area contributed by atoms with Crippen LogP contribution < -0.4 is 11.1 Å². The van der Waals surface area contributed by atoms with Crippen molar-refractivity contribution in [2.45, 2.75) is 39.2 Å². The van der Waals surface area contributed by atoms with Crippen molar-refractivity contribution >= 4 is 17.8 Å². The van der Waals surface area contributed by atoms with Crippen molar-refractivity contribution in [3.63, 3.8) is 0 Å². The Morgan fingerprint density at radius 3 is 2.25 bits per heavy atom. The number of hydrogen-bond acceptors (Lipinski definition) is 5. The van der Waals surface area contributed by atoms with Gasteiger partial charge in [-0.1, -0.05) is 13.8 Å². The van der Waals surface area contributed by atoms with Gasteiger partial charge in [-0.2, -0.15) is 0 Å². The van der Waals surface area contributed by atoms with Crippen LogP contribution in [0.5, 0.6) is 0 Å². The first-order valence-electron chi connectivity index (χ1n) is 6.59. The van der Waals surface area contributed by atoms with Crippen LogP contribution in [-0.4, -0.2) is 42.6 Å². The molecule has 0 aromatic rings. The predicted molar refractivity (Wildman–Crippen MR) is 72.8 cm³/mol. The molecule has 0 aliphatic heterocycles. The lowest BCUT2D eigenvalue weighted by Gasteiger charge is -2.18. The molecule has 0 saturated carbocycles. The van der Waals surface area contributed by atoms with Gasteiger partial charge in [-0.3, -0.25) is 9.59 Å². The van der Waals surface area contributed by atoms with Crippen molar-refractivity contribution in [3.8, 4) is 0 Å². The summed E-state index contributed by atoms with van der Waals surface area (Å²) in [7, 11) is 1.16. The number of hydrogen-bond donors (Lipinski definition) is 3. The standard InChI is InChI=1S/C13H24N2O5/c1-8(2)4-9(7-14)5-11(16)15-10(13(18)19)6-12(17)20-3/h8-10H,4-7,14H2,1-3H3,(H,15,16)(H,18,19)/t9?,10-/m0/s1. The molecular weight excluding hydrogens is 264 g/mol. The Hall–Kier alpha value is -1.63. The maximum Gasteiger partial charge on any atom is 0.326 e. The van der Waals surface area contributed by atoms with E-state index in [0.717, 1.165) is 13.5 Å². The quantitative estimate of drug-likeness (QED) is 0.519. The average molecular weight is 288 g/mol. The molecule has 4 N–H and O–H groups in total. The van der Waals surface area contributed by atoms with Gasteiger partial charge in [0.1, 0.15) is 6.04 Å². The third kappa shape index (κ3) is 7.73. The van der Waals surface area contributed by atoms with Gasteiger partial charge in [-0.15, -0.1) is 0 Å². The van der Waals surface area contributed by atoms with Crippen LogP contribution in [0.15, 0.2) is 0 Å². The number of carboxylic acids is 1. The largest absolute Gasteiger partial charge is 0.480 e. The molecule has 0 aliphatic carbocycles. The number of carbonyl (C=O) groups is 3. The Bertz CT molecular complexity index is 344. The van der Waals surface area contributed by atoms with Crippen LogP contribution in [-0.2, 0) is 19.1 Å². The third-order valence-corrected chi connectivity index (χ3v) is 2.84. The molecule has 0 aliphatic rings. The number of carboxylic acid groups (broad SMARTS) is 1. The molecule has 0 rings (SSSR count). The van der Waals surface area contributed by atoms with E-state index in [1.54, 1.807) is 0 Å². The predicted octanol–water partition coefficient (Wildman–Crippen LogP) is 0.130. The zero-order valence-corrected chi connectivity index (χ0v) is 12.2. The molecule has 116 valence electrons. The number of rotatable bonds is 9. The minimum atomic E-state index is -1.27. The van der Waals surface area contributed by atoms with E-state index >= 15 is 0 Å². The van der Waals surface area contributed by atoms with Crippen molar-refractivity contribution in [3.05, 3.63) is 0 Å². The second-order valence-corrected chi connectivity index (χ2v) is 5.17. The van der Waals surface area contributed by atoms with Crippen LogP contribution in [0.2, 0.25) is 0 Å². The summed E-state index contributed by atoms with van der Waals surface area (Å²) in [4.78, 5) is 33.8. The highest BCUT2D eigenvalue weighted by Crippen LogP contribution is 2.14. The summed E-state index contributed by atoms with van der Waals surface area (Å²) in [5.41, 5.74) is 5.59. The summed E-state index contributed by atoms with van der Waals surface area (Å²) in [6, 6.07) is -1.27. The van der Waals surface area contributed by atoms with Gasteiger partial charge in [0.2, 0.25) is 5.91 Å². The van der Waals surface area contributed by atoms with E-state index in [4.69, 9.17) is 10.8 Å². The minimum absolute atomic E-state index is 0.00238. The normalized spacial score (nSPS) is 13.7. The van der Waals surface area contributed by atoms with Crippen molar-refractivity contribution in [2.75, 3.05) is 13.7 Å². The molecule has 0 aromatic carbocycles. The molecule has 1 amide bonds. The zero-order valence-electron chi connectivity index (χ0n) is 12.2. The maximum atomic E-state index is 11.8. The first-order chi connectivity index (χ1) is 9.29. The Balaban J connectivity index is 4.44. The van der Waals surface area contributed by atoms with Crippen LogP contribution in [0.4, 0.5) is 0 Å². The van der Waals surface area contributed by atoms with Crippen LogP contribution in [0.1, 0.15) is 33.1 Å². The van der Waals surface area contributed by atoms with Gasteiger partial charge in [0.05, 0.1) is 13.5 Å². The number of carbonyl (C=O) groups excluding carboxylic acids is 2. The van der Waals surface area contributed by atoms with E-state index in [9.17, 15) is 14.4 Å². The highest BCUT2D eigenvalue weighted by atomic mass is 16.5. The summed E-state index contributed by atoms with van der Waals surface area (Å²) in [5.74, 6) is -1.96. The lowest BCUT2D eigenvalue weighted by Crippen LogP contribution is -2.43. The fourth-order valence-electron chi connectivity index (χ4n) is 1.90. The van der Waals surface area contributed by atoms with E-state index in [-0.39, 0.29) is 12.3 Å². The summed E-state index contributed by atoms with van der Waals surface area (Å²) in [6.07, 6.45) is 0.549. The zero-order chi connectivity index (χ0) is 15.7. The minimum Gasteiger partial charge on any atom is -0.480 e. The highest BCUT2D eigenvalue weighted by molar-refractivity contribution is 5.87. The fourth-order valence-corrected chi connectivity index (χ4v) is 1.90. The van der Waals surface area contributed by atoms with Crippen LogP contribution in [0, 0.1) is 11.8 Å². The van der Waals surface area contributed by atoms with Gasteiger partial charge < -0.3 is 20.9 Å². The Kier molecular flexibility index (Phi) is 8.54.